The van der Waals surface area contributed by atoms with E-state index in [2.05, 4.69) is 10.0 Å². The zero-order valence-corrected chi connectivity index (χ0v) is 14.0. The Morgan fingerprint density at radius 1 is 1.12 bits per heavy atom. The first-order valence-electron chi connectivity index (χ1n) is 6.86. The maximum absolute atomic E-state index is 12.1. The summed E-state index contributed by atoms with van der Waals surface area (Å²) in [4.78, 5) is 11.1. The summed E-state index contributed by atoms with van der Waals surface area (Å²) >= 11 is 5.97. The molecule has 24 heavy (non-hydrogen) atoms. The minimum absolute atomic E-state index is 0.273. The van der Waals surface area contributed by atoms with E-state index in [9.17, 15) is 13.2 Å². The average molecular weight is 367 g/mol. The lowest BCUT2D eigenvalue weighted by atomic mass is 10.2. The number of nitrogens with one attached hydrogen (secondary N) is 2. The molecule has 0 heterocycles. The first-order valence-corrected chi connectivity index (χ1v) is 8.78. The molecule has 0 aliphatic carbocycles. The van der Waals surface area contributed by atoms with E-state index in [0.717, 1.165) is 5.41 Å². The van der Waals surface area contributed by atoms with Crippen LogP contribution < -0.4 is 10.0 Å². The van der Waals surface area contributed by atoms with Crippen LogP contribution in [0.15, 0.2) is 53.9 Å². The second-order valence-electron chi connectivity index (χ2n) is 4.76. The van der Waals surface area contributed by atoms with Crippen LogP contribution in [0.1, 0.15) is 5.56 Å². The van der Waals surface area contributed by atoms with Crippen molar-refractivity contribution in [1.82, 2.24) is 0 Å². The second-order valence-corrected chi connectivity index (χ2v) is 6.73. The predicted molar refractivity (Wildman–Crippen MR) is 95.2 cm³/mol. The molecule has 126 valence electrons. The van der Waals surface area contributed by atoms with Crippen LogP contribution >= 0.6 is 11.6 Å². The van der Waals surface area contributed by atoms with Crippen LogP contribution in [0.5, 0.6) is 0 Å². The Balaban J connectivity index is 2.13. The molecule has 0 bridgehead atoms. The lowest BCUT2D eigenvalue weighted by Crippen LogP contribution is -2.15. The average Bonchev–Trinajstić information content (AvgIpc) is 2.54. The van der Waals surface area contributed by atoms with Crippen molar-refractivity contribution >= 4 is 45.0 Å². The number of aliphatic hydroxyl groups is 1. The van der Waals surface area contributed by atoms with Crippen molar-refractivity contribution in [3.63, 3.8) is 0 Å². The van der Waals surface area contributed by atoms with Gasteiger partial charge in [0.2, 0.25) is 5.91 Å². The van der Waals surface area contributed by atoms with Crippen LogP contribution in [-0.4, -0.2) is 26.0 Å². The molecule has 0 spiro atoms. The number of aliphatic hydroxyl groups excluding tert-OH is 1. The van der Waals surface area contributed by atoms with E-state index in [1.165, 1.54) is 18.2 Å². The topological polar surface area (TPSA) is 95.5 Å². The van der Waals surface area contributed by atoms with E-state index in [4.69, 9.17) is 16.7 Å². The molecule has 8 heteroatoms. The molecular weight excluding hydrogens is 352 g/mol. The van der Waals surface area contributed by atoms with E-state index < -0.39 is 22.5 Å². The SMILES string of the molecule is O=C(CO)Nc1cccc(NS(=O)(=O)C=Cc2ccccc2Cl)c1. The van der Waals surface area contributed by atoms with E-state index in [0.29, 0.717) is 16.3 Å². The number of hydrogen-bond acceptors (Lipinski definition) is 4. The van der Waals surface area contributed by atoms with Gasteiger partial charge in [0.25, 0.3) is 10.0 Å². The minimum Gasteiger partial charge on any atom is -0.387 e. The van der Waals surface area contributed by atoms with E-state index in [1.54, 1.807) is 36.4 Å². The van der Waals surface area contributed by atoms with E-state index in [1.807, 2.05) is 0 Å². The number of anilines is 2. The van der Waals surface area contributed by atoms with E-state index >= 15 is 0 Å². The predicted octanol–water partition coefficient (Wildman–Crippen LogP) is 2.68. The number of amides is 1. The molecule has 0 aliphatic rings. The number of rotatable bonds is 6. The largest absolute Gasteiger partial charge is 0.387 e. The third-order valence-electron chi connectivity index (χ3n) is 2.88. The molecule has 0 aromatic heterocycles. The normalized spacial score (nSPS) is 11.4. The monoisotopic (exact) mass is 366 g/mol. The zero-order chi connectivity index (χ0) is 17.6. The van der Waals surface area contributed by atoms with Crippen LogP contribution in [0.4, 0.5) is 11.4 Å². The molecule has 3 N–H and O–H groups in total. The summed E-state index contributed by atoms with van der Waals surface area (Å²) in [5.41, 5.74) is 1.22. The number of sulfonamides is 1. The van der Waals surface area contributed by atoms with Gasteiger partial charge >= 0.3 is 0 Å². The molecular formula is C16H15ClN2O4S. The summed E-state index contributed by atoms with van der Waals surface area (Å²) in [5.74, 6) is -0.589. The summed E-state index contributed by atoms with van der Waals surface area (Å²) in [6.07, 6.45) is 1.39. The van der Waals surface area contributed by atoms with Crippen LogP contribution in [0, 0.1) is 0 Å². The van der Waals surface area contributed by atoms with Crippen molar-refractivity contribution in [1.29, 1.82) is 0 Å². The molecule has 1 amide bonds. The number of halogens is 1. The summed E-state index contributed by atoms with van der Waals surface area (Å²) < 4.78 is 26.6. The van der Waals surface area contributed by atoms with Gasteiger partial charge in [-0.15, -0.1) is 0 Å². The van der Waals surface area contributed by atoms with Gasteiger partial charge < -0.3 is 10.4 Å². The van der Waals surface area contributed by atoms with Crippen molar-refractivity contribution in [3.05, 3.63) is 64.5 Å². The Morgan fingerprint density at radius 2 is 1.83 bits per heavy atom. The van der Waals surface area contributed by atoms with Gasteiger partial charge in [-0.1, -0.05) is 35.9 Å². The quantitative estimate of drug-likeness (QED) is 0.732. The van der Waals surface area contributed by atoms with Crippen LogP contribution in [-0.2, 0) is 14.8 Å². The summed E-state index contributed by atoms with van der Waals surface area (Å²) in [6.45, 7) is -0.656. The fourth-order valence-corrected chi connectivity index (χ4v) is 2.88. The third kappa shape index (κ3) is 5.38. The lowest BCUT2D eigenvalue weighted by Gasteiger charge is -2.08. The Kier molecular flexibility index (Phi) is 5.97. The van der Waals surface area contributed by atoms with Gasteiger partial charge in [0.15, 0.2) is 0 Å². The highest BCUT2D eigenvalue weighted by Crippen LogP contribution is 2.19. The van der Waals surface area contributed by atoms with Gasteiger partial charge in [-0.3, -0.25) is 9.52 Å². The maximum Gasteiger partial charge on any atom is 0.255 e. The van der Waals surface area contributed by atoms with Gasteiger partial charge in [0.05, 0.1) is 11.1 Å². The van der Waals surface area contributed by atoms with Gasteiger partial charge in [-0.25, -0.2) is 8.42 Å². The standard InChI is InChI=1S/C16H15ClN2O4S/c17-15-7-2-1-4-12(15)8-9-24(22,23)19-14-6-3-5-13(10-14)18-16(21)11-20/h1-10,19-20H,11H2,(H,18,21). The molecule has 0 fully saturated rings. The fraction of sp³-hybridized carbons (Fsp3) is 0.0625. The van der Waals surface area contributed by atoms with Crippen LogP contribution in [0.2, 0.25) is 5.02 Å². The molecule has 2 aromatic rings. The second kappa shape index (κ2) is 7.96. The number of carbonyl (C=O) groups excluding carboxylic acids is 1. The minimum atomic E-state index is -3.75. The lowest BCUT2D eigenvalue weighted by molar-refractivity contribution is -0.118. The summed E-state index contributed by atoms with van der Waals surface area (Å²) in [5, 5.41) is 12.6. The Morgan fingerprint density at radius 3 is 2.54 bits per heavy atom. The van der Waals surface area contributed by atoms with Gasteiger partial charge in [0.1, 0.15) is 6.61 Å². The molecule has 0 aliphatic heterocycles. The molecule has 0 unspecified atom stereocenters. The van der Waals surface area contributed by atoms with Crippen molar-refractivity contribution in [2.24, 2.45) is 0 Å². The van der Waals surface area contributed by atoms with Crippen molar-refractivity contribution in [2.45, 2.75) is 0 Å². The zero-order valence-electron chi connectivity index (χ0n) is 12.4. The summed E-state index contributed by atoms with van der Waals surface area (Å²) in [6, 6.07) is 13.0. The smallest absolute Gasteiger partial charge is 0.255 e. The maximum atomic E-state index is 12.1. The van der Waals surface area contributed by atoms with E-state index in [-0.39, 0.29) is 5.69 Å². The van der Waals surface area contributed by atoms with Gasteiger partial charge in [-0.05, 0) is 35.9 Å². The van der Waals surface area contributed by atoms with Gasteiger partial charge in [-0.2, -0.15) is 0 Å². The molecule has 2 rings (SSSR count). The Hall–Kier alpha value is -2.35. The summed E-state index contributed by atoms with van der Waals surface area (Å²) in [7, 11) is -3.75. The van der Waals surface area contributed by atoms with Crippen molar-refractivity contribution in [2.75, 3.05) is 16.6 Å². The molecule has 0 radical (unpaired) electrons. The number of benzene rings is 2. The number of carbonyl (C=O) groups is 1. The number of hydrogen-bond donors (Lipinski definition) is 3. The van der Waals surface area contributed by atoms with Crippen molar-refractivity contribution < 1.29 is 18.3 Å². The molecule has 0 saturated carbocycles. The van der Waals surface area contributed by atoms with Gasteiger partial charge in [0, 0.05) is 10.7 Å². The first kappa shape index (κ1) is 18.0. The molecule has 2 aromatic carbocycles. The van der Waals surface area contributed by atoms with Crippen LogP contribution in [0.25, 0.3) is 6.08 Å². The first-order chi connectivity index (χ1) is 11.4. The molecule has 0 saturated heterocycles. The highest BCUT2D eigenvalue weighted by Gasteiger charge is 2.07. The van der Waals surface area contributed by atoms with Crippen LogP contribution in [0.3, 0.4) is 0 Å². The Bertz CT molecular complexity index is 866. The molecule has 0 atom stereocenters. The van der Waals surface area contributed by atoms with Crippen molar-refractivity contribution in [3.8, 4) is 0 Å². The molecule has 6 nitrogen and oxygen atoms in total. The highest BCUT2D eigenvalue weighted by atomic mass is 35.5. The highest BCUT2D eigenvalue weighted by molar-refractivity contribution is 7.95. The Labute approximate surface area is 144 Å². The third-order valence-corrected chi connectivity index (χ3v) is 4.24. The fourth-order valence-electron chi connectivity index (χ4n) is 1.83.